The second-order valence-corrected chi connectivity index (χ2v) is 4.44. The van der Waals surface area contributed by atoms with Gasteiger partial charge in [0.1, 0.15) is 6.33 Å². The van der Waals surface area contributed by atoms with Crippen molar-refractivity contribution in [2.24, 2.45) is 0 Å². The van der Waals surface area contributed by atoms with Gasteiger partial charge in [0, 0.05) is 11.9 Å². The average Bonchev–Trinajstić information content (AvgIpc) is 2.41. The van der Waals surface area contributed by atoms with Gasteiger partial charge in [0.15, 0.2) is 0 Å². The molecule has 19 heavy (non-hydrogen) atoms. The number of amides is 1. The molecule has 4 heteroatoms. The van der Waals surface area contributed by atoms with E-state index in [4.69, 9.17) is 0 Å². The fraction of sp³-hybridized carbons (Fsp3) is 0.267. The molecular weight excluding hydrogens is 238 g/mol. The number of para-hydroxylation sites is 1. The average molecular weight is 255 g/mol. The molecule has 0 atom stereocenters. The zero-order valence-electron chi connectivity index (χ0n) is 11.4. The van der Waals surface area contributed by atoms with Gasteiger partial charge in [-0.15, -0.1) is 0 Å². The summed E-state index contributed by atoms with van der Waals surface area (Å²) >= 11 is 0. The Morgan fingerprint density at radius 2 is 2.11 bits per heavy atom. The van der Waals surface area contributed by atoms with Gasteiger partial charge in [0.25, 0.3) is 5.91 Å². The number of hydrogen-bond acceptors (Lipinski definition) is 3. The highest BCUT2D eigenvalue weighted by Crippen LogP contribution is 2.22. The third kappa shape index (κ3) is 2.78. The molecule has 2 rings (SSSR count). The number of nitrogens with zero attached hydrogens (tertiary/aromatic N) is 2. The van der Waals surface area contributed by atoms with Crippen LogP contribution in [0.25, 0.3) is 0 Å². The molecule has 1 aromatic carbocycles. The second-order valence-electron chi connectivity index (χ2n) is 4.44. The molecule has 0 saturated heterocycles. The van der Waals surface area contributed by atoms with Crippen molar-refractivity contribution in [3.8, 4) is 0 Å². The normalized spacial score (nSPS) is 10.3. The van der Waals surface area contributed by atoms with Crippen molar-refractivity contribution in [2.75, 3.05) is 5.32 Å². The van der Waals surface area contributed by atoms with Crippen LogP contribution >= 0.6 is 0 Å². The van der Waals surface area contributed by atoms with E-state index in [1.54, 1.807) is 13.1 Å². The standard InChI is InChI=1S/C15H17N3O/c1-4-12-7-5-6-10(2)14(12)18-15(19)13-8-16-9-17-11(13)3/h5-9H,4H2,1-3H3,(H,18,19). The molecule has 1 amide bonds. The van der Waals surface area contributed by atoms with Gasteiger partial charge in [-0.05, 0) is 31.4 Å². The van der Waals surface area contributed by atoms with E-state index in [2.05, 4.69) is 22.2 Å². The van der Waals surface area contributed by atoms with Crippen molar-refractivity contribution >= 4 is 11.6 Å². The topological polar surface area (TPSA) is 54.9 Å². The fourth-order valence-electron chi connectivity index (χ4n) is 2.00. The fourth-order valence-corrected chi connectivity index (χ4v) is 2.00. The van der Waals surface area contributed by atoms with Crippen LogP contribution < -0.4 is 5.32 Å². The van der Waals surface area contributed by atoms with E-state index in [-0.39, 0.29) is 5.91 Å². The molecule has 0 saturated carbocycles. The van der Waals surface area contributed by atoms with Crippen molar-refractivity contribution in [3.05, 3.63) is 53.1 Å². The number of benzene rings is 1. The predicted molar refractivity (Wildman–Crippen MR) is 75.3 cm³/mol. The lowest BCUT2D eigenvalue weighted by Gasteiger charge is -2.13. The van der Waals surface area contributed by atoms with Crippen LogP contribution in [0.5, 0.6) is 0 Å². The number of aryl methyl sites for hydroxylation is 3. The molecule has 98 valence electrons. The third-order valence-electron chi connectivity index (χ3n) is 3.13. The Bertz CT molecular complexity index is 608. The number of carbonyl (C=O) groups excluding carboxylic acids is 1. The molecule has 0 radical (unpaired) electrons. The number of carbonyl (C=O) groups is 1. The number of aromatic nitrogens is 2. The van der Waals surface area contributed by atoms with Crippen LogP contribution in [0.15, 0.2) is 30.7 Å². The molecule has 2 aromatic rings. The monoisotopic (exact) mass is 255 g/mol. The molecule has 0 aliphatic rings. The van der Waals surface area contributed by atoms with Gasteiger partial charge < -0.3 is 5.32 Å². The molecule has 0 aliphatic heterocycles. The molecule has 0 fully saturated rings. The Hall–Kier alpha value is -2.23. The summed E-state index contributed by atoms with van der Waals surface area (Å²) in [5.41, 5.74) is 4.26. The van der Waals surface area contributed by atoms with E-state index in [0.29, 0.717) is 11.3 Å². The molecule has 0 spiro atoms. The minimum atomic E-state index is -0.165. The van der Waals surface area contributed by atoms with Crippen LogP contribution in [0, 0.1) is 13.8 Å². The van der Waals surface area contributed by atoms with E-state index in [0.717, 1.165) is 23.2 Å². The van der Waals surface area contributed by atoms with E-state index in [1.807, 2.05) is 25.1 Å². The Balaban J connectivity index is 2.32. The SMILES string of the molecule is CCc1cccc(C)c1NC(=O)c1cncnc1C. The first-order chi connectivity index (χ1) is 9.13. The summed E-state index contributed by atoms with van der Waals surface area (Å²) in [7, 11) is 0. The Morgan fingerprint density at radius 3 is 2.79 bits per heavy atom. The zero-order chi connectivity index (χ0) is 13.8. The van der Waals surface area contributed by atoms with E-state index < -0.39 is 0 Å². The van der Waals surface area contributed by atoms with E-state index in [1.165, 1.54) is 6.33 Å². The van der Waals surface area contributed by atoms with Crippen LogP contribution in [-0.4, -0.2) is 15.9 Å². The lowest BCUT2D eigenvalue weighted by atomic mass is 10.1. The third-order valence-corrected chi connectivity index (χ3v) is 3.13. The summed E-state index contributed by atoms with van der Waals surface area (Å²) in [5, 5.41) is 2.97. The largest absolute Gasteiger partial charge is 0.321 e. The summed E-state index contributed by atoms with van der Waals surface area (Å²) < 4.78 is 0. The maximum atomic E-state index is 12.3. The minimum absolute atomic E-state index is 0.165. The zero-order valence-corrected chi connectivity index (χ0v) is 11.4. The van der Waals surface area contributed by atoms with Gasteiger partial charge in [0.2, 0.25) is 0 Å². The van der Waals surface area contributed by atoms with Gasteiger partial charge in [0.05, 0.1) is 11.3 Å². The van der Waals surface area contributed by atoms with Crippen LogP contribution in [0.1, 0.15) is 34.1 Å². The summed E-state index contributed by atoms with van der Waals surface area (Å²) in [4.78, 5) is 20.2. The Labute approximate surface area is 112 Å². The van der Waals surface area contributed by atoms with Crippen LogP contribution in [0.2, 0.25) is 0 Å². The van der Waals surface area contributed by atoms with Crippen LogP contribution in [-0.2, 0) is 6.42 Å². The Morgan fingerprint density at radius 1 is 1.32 bits per heavy atom. The first kappa shape index (κ1) is 13.2. The van der Waals surface area contributed by atoms with E-state index >= 15 is 0 Å². The molecule has 1 aromatic heterocycles. The van der Waals surface area contributed by atoms with Crippen LogP contribution in [0.3, 0.4) is 0 Å². The predicted octanol–water partition coefficient (Wildman–Crippen LogP) is 2.91. The highest BCUT2D eigenvalue weighted by molar-refractivity contribution is 6.05. The molecular formula is C15H17N3O. The maximum Gasteiger partial charge on any atom is 0.259 e. The number of anilines is 1. The number of rotatable bonds is 3. The number of nitrogens with one attached hydrogen (secondary N) is 1. The summed E-state index contributed by atoms with van der Waals surface area (Å²) in [6.07, 6.45) is 3.86. The van der Waals surface area contributed by atoms with Gasteiger partial charge >= 0.3 is 0 Å². The van der Waals surface area contributed by atoms with E-state index in [9.17, 15) is 4.79 Å². The van der Waals surface area contributed by atoms with Crippen molar-refractivity contribution in [1.82, 2.24) is 9.97 Å². The highest BCUT2D eigenvalue weighted by atomic mass is 16.1. The highest BCUT2D eigenvalue weighted by Gasteiger charge is 2.13. The quantitative estimate of drug-likeness (QED) is 0.917. The van der Waals surface area contributed by atoms with Crippen molar-refractivity contribution < 1.29 is 4.79 Å². The first-order valence-electron chi connectivity index (χ1n) is 6.30. The molecule has 0 unspecified atom stereocenters. The van der Waals surface area contributed by atoms with Crippen molar-refractivity contribution in [2.45, 2.75) is 27.2 Å². The summed E-state index contributed by atoms with van der Waals surface area (Å²) in [5.74, 6) is -0.165. The summed E-state index contributed by atoms with van der Waals surface area (Å²) in [6.45, 7) is 5.86. The molecule has 0 bridgehead atoms. The Kier molecular flexibility index (Phi) is 3.90. The van der Waals surface area contributed by atoms with Gasteiger partial charge in [-0.1, -0.05) is 25.1 Å². The lowest BCUT2D eigenvalue weighted by Crippen LogP contribution is -2.16. The molecule has 4 nitrogen and oxygen atoms in total. The second kappa shape index (κ2) is 5.61. The minimum Gasteiger partial charge on any atom is -0.321 e. The smallest absolute Gasteiger partial charge is 0.259 e. The molecule has 0 aliphatic carbocycles. The number of hydrogen-bond donors (Lipinski definition) is 1. The lowest BCUT2D eigenvalue weighted by molar-refractivity contribution is 0.102. The van der Waals surface area contributed by atoms with Crippen molar-refractivity contribution in [3.63, 3.8) is 0 Å². The molecule has 1 N–H and O–H groups in total. The molecule has 1 heterocycles. The van der Waals surface area contributed by atoms with Gasteiger partial charge in [-0.2, -0.15) is 0 Å². The maximum absolute atomic E-state index is 12.3. The summed E-state index contributed by atoms with van der Waals surface area (Å²) in [6, 6.07) is 6.01. The van der Waals surface area contributed by atoms with Crippen molar-refractivity contribution in [1.29, 1.82) is 0 Å². The van der Waals surface area contributed by atoms with Gasteiger partial charge in [-0.3, -0.25) is 4.79 Å². The van der Waals surface area contributed by atoms with Crippen LogP contribution in [0.4, 0.5) is 5.69 Å². The first-order valence-corrected chi connectivity index (χ1v) is 6.30. The van der Waals surface area contributed by atoms with Gasteiger partial charge in [-0.25, -0.2) is 9.97 Å².